The van der Waals surface area contributed by atoms with Crippen LogP contribution in [0.5, 0.6) is 0 Å². The molecule has 24 heavy (non-hydrogen) atoms. The Morgan fingerprint density at radius 1 is 1.12 bits per heavy atom. The van der Waals surface area contributed by atoms with Crippen molar-refractivity contribution in [3.8, 4) is 5.69 Å². The first-order valence-corrected chi connectivity index (χ1v) is 8.44. The molecule has 0 unspecified atom stereocenters. The van der Waals surface area contributed by atoms with Crippen LogP contribution in [0.1, 0.15) is 27.0 Å². The van der Waals surface area contributed by atoms with E-state index in [9.17, 15) is 4.79 Å². The topological polar surface area (TPSA) is 47.8 Å². The molecule has 0 saturated heterocycles. The van der Waals surface area contributed by atoms with Crippen LogP contribution in [-0.2, 0) is 0 Å². The molecular formula is C19H15N3OS. The second kappa shape index (κ2) is 5.76. The molecule has 4 nitrogen and oxygen atoms in total. The maximum absolute atomic E-state index is 12.5. The largest absolute Gasteiger partial charge is 0.288 e. The number of ketones is 1. The fourth-order valence-corrected chi connectivity index (χ4v) is 3.95. The summed E-state index contributed by atoms with van der Waals surface area (Å²) in [5.74, 6) is 0.105. The number of hydrogen-bond donors (Lipinski definition) is 0. The van der Waals surface area contributed by atoms with E-state index in [0.717, 1.165) is 32.2 Å². The number of benzene rings is 2. The summed E-state index contributed by atoms with van der Waals surface area (Å²) in [4.78, 5) is 18.3. The molecule has 2 heterocycles. The van der Waals surface area contributed by atoms with E-state index in [1.165, 1.54) is 11.9 Å². The fraction of sp³-hybridized carbons (Fsp3) is 0.105. The van der Waals surface area contributed by atoms with Crippen LogP contribution in [0.15, 0.2) is 58.9 Å². The quantitative estimate of drug-likeness (QED) is 0.659. The number of carbonyl (C=O) groups excluding carboxylic acids is 1. The van der Waals surface area contributed by atoms with Crippen LogP contribution in [0.4, 0.5) is 0 Å². The number of fused-ring (bicyclic) bond motifs is 1. The minimum atomic E-state index is 0.105. The number of thioether (sulfide) groups is 1. The molecule has 1 aromatic heterocycles. The minimum absolute atomic E-state index is 0.105. The zero-order valence-corrected chi connectivity index (χ0v) is 14.2. The van der Waals surface area contributed by atoms with Crippen molar-refractivity contribution in [2.75, 3.05) is 0 Å². The van der Waals surface area contributed by atoms with Crippen LogP contribution in [0.3, 0.4) is 0 Å². The highest BCUT2D eigenvalue weighted by molar-refractivity contribution is 8.04. The Morgan fingerprint density at radius 3 is 2.75 bits per heavy atom. The van der Waals surface area contributed by atoms with Crippen molar-refractivity contribution in [2.45, 2.75) is 18.7 Å². The monoisotopic (exact) mass is 333 g/mol. The molecule has 0 saturated carbocycles. The molecule has 5 heteroatoms. The van der Waals surface area contributed by atoms with Crippen molar-refractivity contribution in [2.24, 2.45) is 0 Å². The molecule has 0 fully saturated rings. The Morgan fingerprint density at radius 2 is 2.00 bits per heavy atom. The minimum Gasteiger partial charge on any atom is -0.288 e. The molecule has 0 atom stereocenters. The molecule has 0 N–H and O–H groups in total. The summed E-state index contributed by atoms with van der Waals surface area (Å²) in [6.45, 7) is 4.07. The summed E-state index contributed by atoms with van der Waals surface area (Å²) in [6, 6.07) is 12.0. The van der Waals surface area contributed by atoms with E-state index >= 15 is 0 Å². The Labute approximate surface area is 144 Å². The fourth-order valence-electron chi connectivity index (χ4n) is 2.80. The summed E-state index contributed by atoms with van der Waals surface area (Å²) in [5, 5.41) is 4.16. The number of hydrogen-bond acceptors (Lipinski definition) is 4. The number of rotatable bonds is 2. The molecule has 4 rings (SSSR count). The highest BCUT2D eigenvalue weighted by atomic mass is 32.2. The zero-order valence-electron chi connectivity index (χ0n) is 13.4. The molecule has 0 radical (unpaired) electrons. The van der Waals surface area contributed by atoms with Crippen molar-refractivity contribution in [1.29, 1.82) is 0 Å². The van der Waals surface area contributed by atoms with Gasteiger partial charge in [0.2, 0.25) is 5.78 Å². The van der Waals surface area contributed by atoms with Gasteiger partial charge in [0, 0.05) is 10.5 Å². The summed E-state index contributed by atoms with van der Waals surface area (Å²) in [7, 11) is 0. The van der Waals surface area contributed by atoms with Crippen LogP contribution >= 0.6 is 11.8 Å². The van der Waals surface area contributed by atoms with Crippen molar-refractivity contribution >= 4 is 23.6 Å². The summed E-state index contributed by atoms with van der Waals surface area (Å²) < 4.78 is 1.74. The average Bonchev–Trinajstić information content (AvgIpc) is 3.17. The highest BCUT2D eigenvalue weighted by Gasteiger charge is 2.25. The molecule has 3 aromatic rings. The Balaban J connectivity index is 1.68. The molecule has 0 aliphatic carbocycles. The molecule has 1 aliphatic rings. The lowest BCUT2D eigenvalue weighted by atomic mass is 10.1. The molecule has 0 bridgehead atoms. The summed E-state index contributed by atoms with van der Waals surface area (Å²) in [6.07, 6.45) is 5.15. The summed E-state index contributed by atoms with van der Waals surface area (Å²) >= 11 is 1.55. The van der Waals surface area contributed by atoms with Crippen molar-refractivity contribution in [1.82, 2.24) is 14.8 Å². The van der Waals surface area contributed by atoms with Crippen LogP contribution < -0.4 is 0 Å². The smallest absolute Gasteiger partial charge is 0.200 e. The lowest BCUT2D eigenvalue weighted by Gasteiger charge is -2.06. The molecule has 0 amide bonds. The third kappa shape index (κ3) is 2.57. The van der Waals surface area contributed by atoms with E-state index < -0.39 is 0 Å². The van der Waals surface area contributed by atoms with Gasteiger partial charge in [-0.3, -0.25) is 4.79 Å². The van der Waals surface area contributed by atoms with Crippen molar-refractivity contribution in [3.63, 3.8) is 0 Å². The highest BCUT2D eigenvalue weighted by Crippen LogP contribution is 2.41. The number of nitrogens with zero attached hydrogens (tertiary/aromatic N) is 3. The van der Waals surface area contributed by atoms with Crippen LogP contribution in [-0.4, -0.2) is 20.5 Å². The number of carbonyl (C=O) groups is 1. The van der Waals surface area contributed by atoms with Crippen LogP contribution in [0.25, 0.3) is 11.8 Å². The van der Waals surface area contributed by atoms with Crippen molar-refractivity contribution < 1.29 is 4.79 Å². The van der Waals surface area contributed by atoms with E-state index in [0.29, 0.717) is 0 Å². The Bertz CT molecular complexity index is 974. The van der Waals surface area contributed by atoms with Gasteiger partial charge in [0.1, 0.15) is 12.7 Å². The molecule has 2 aromatic carbocycles. The lowest BCUT2D eigenvalue weighted by Crippen LogP contribution is -1.98. The van der Waals surface area contributed by atoms with Gasteiger partial charge < -0.3 is 0 Å². The molecule has 1 aliphatic heterocycles. The van der Waals surface area contributed by atoms with Gasteiger partial charge in [0.05, 0.1) is 10.6 Å². The third-order valence-corrected chi connectivity index (χ3v) is 5.09. The van der Waals surface area contributed by atoms with Gasteiger partial charge in [-0.1, -0.05) is 23.9 Å². The second-order valence-electron chi connectivity index (χ2n) is 5.83. The van der Waals surface area contributed by atoms with Crippen molar-refractivity contribution in [3.05, 3.63) is 76.2 Å². The predicted molar refractivity (Wildman–Crippen MR) is 95.4 cm³/mol. The van der Waals surface area contributed by atoms with E-state index in [1.54, 1.807) is 22.8 Å². The number of aromatic nitrogens is 3. The van der Waals surface area contributed by atoms with E-state index in [2.05, 4.69) is 22.2 Å². The average molecular weight is 333 g/mol. The molecule has 118 valence electrons. The zero-order chi connectivity index (χ0) is 16.7. The lowest BCUT2D eigenvalue weighted by molar-refractivity contribution is 0.104. The van der Waals surface area contributed by atoms with Gasteiger partial charge in [0.15, 0.2) is 0 Å². The molecule has 0 spiro atoms. The SMILES string of the molecule is Cc1ccc2c(c1)S/C(=C\c1ccc(-n3cncn3)c(C)c1)C2=O. The maximum Gasteiger partial charge on any atom is 0.200 e. The molecular weight excluding hydrogens is 318 g/mol. The van der Waals surface area contributed by atoms with Gasteiger partial charge in [0.25, 0.3) is 0 Å². The van der Waals surface area contributed by atoms with Gasteiger partial charge in [-0.2, -0.15) is 5.10 Å². The van der Waals surface area contributed by atoms with Gasteiger partial charge in [-0.05, 0) is 60.9 Å². The number of allylic oxidation sites excluding steroid dienone is 1. The predicted octanol–water partition coefficient (Wildman–Crippen LogP) is 4.21. The van der Waals surface area contributed by atoms with E-state index in [1.807, 2.05) is 44.2 Å². The Hall–Kier alpha value is -2.66. The first-order valence-electron chi connectivity index (χ1n) is 7.62. The standard InChI is InChI=1S/C19H15N3OS/c1-12-3-5-15-17(7-12)24-18(19(15)23)9-14-4-6-16(13(2)8-14)22-11-20-10-21-22/h3-11H,1-2H3/b18-9-. The normalized spacial score (nSPS) is 15.1. The third-order valence-electron chi connectivity index (χ3n) is 4.01. The van der Waals surface area contributed by atoms with Gasteiger partial charge in [-0.25, -0.2) is 9.67 Å². The maximum atomic E-state index is 12.5. The summed E-state index contributed by atoms with van der Waals surface area (Å²) in [5.41, 5.74) is 5.05. The van der Waals surface area contributed by atoms with E-state index in [4.69, 9.17) is 0 Å². The van der Waals surface area contributed by atoms with Crippen LogP contribution in [0, 0.1) is 13.8 Å². The first-order chi connectivity index (χ1) is 11.6. The number of Topliss-reactive ketones (excluding diaryl/α,β-unsaturated/α-hetero) is 1. The second-order valence-corrected chi connectivity index (χ2v) is 6.91. The van der Waals surface area contributed by atoms with E-state index in [-0.39, 0.29) is 5.78 Å². The first kappa shape index (κ1) is 14.9. The Kier molecular flexibility index (Phi) is 3.58. The van der Waals surface area contributed by atoms with Gasteiger partial charge >= 0.3 is 0 Å². The van der Waals surface area contributed by atoms with Gasteiger partial charge in [-0.15, -0.1) is 0 Å². The number of aryl methyl sites for hydroxylation is 2. The van der Waals surface area contributed by atoms with Crippen LogP contribution in [0.2, 0.25) is 0 Å².